The standard InChI is InChI=1S/C14H18O6S/c1-2-6-19-10-3-4-12(14(15)16)13(8-10)20-11-5-7-21(17,18)9-11/h3-4,8,11H,2,5-7,9H2,1H3,(H,15,16). The Bertz CT molecular complexity index is 622. The van der Waals surface area contributed by atoms with Crippen LogP contribution in [-0.2, 0) is 9.84 Å². The van der Waals surface area contributed by atoms with E-state index in [1.807, 2.05) is 6.92 Å². The molecule has 116 valence electrons. The average Bonchev–Trinajstić information content (AvgIpc) is 2.75. The molecule has 0 bridgehead atoms. The van der Waals surface area contributed by atoms with Crippen LogP contribution >= 0.6 is 0 Å². The van der Waals surface area contributed by atoms with Crippen LogP contribution in [0.2, 0.25) is 0 Å². The molecular weight excluding hydrogens is 296 g/mol. The van der Waals surface area contributed by atoms with Gasteiger partial charge in [-0.1, -0.05) is 6.92 Å². The Hall–Kier alpha value is -1.76. The molecule has 1 unspecified atom stereocenters. The molecule has 0 aliphatic carbocycles. The normalized spacial score (nSPS) is 20.1. The van der Waals surface area contributed by atoms with Crippen molar-refractivity contribution in [2.45, 2.75) is 25.9 Å². The molecule has 1 aromatic carbocycles. The van der Waals surface area contributed by atoms with Crippen molar-refractivity contribution in [2.24, 2.45) is 0 Å². The lowest BCUT2D eigenvalue weighted by atomic mass is 10.2. The van der Waals surface area contributed by atoms with Crippen molar-refractivity contribution in [2.75, 3.05) is 18.1 Å². The Morgan fingerprint density at radius 2 is 2.19 bits per heavy atom. The number of benzene rings is 1. The summed E-state index contributed by atoms with van der Waals surface area (Å²) in [4.78, 5) is 11.2. The quantitative estimate of drug-likeness (QED) is 0.860. The molecule has 21 heavy (non-hydrogen) atoms. The third-order valence-corrected chi connectivity index (χ3v) is 4.88. The summed E-state index contributed by atoms with van der Waals surface area (Å²) < 4.78 is 33.9. The van der Waals surface area contributed by atoms with Crippen molar-refractivity contribution in [3.8, 4) is 11.5 Å². The van der Waals surface area contributed by atoms with Gasteiger partial charge in [0.05, 0.1) is 18.1 Å². The van der Waals surface area contributed by atoms with E-state index in [4.69, 9.17) is 9.47 Å². The molecular formula is C14H18O6S. The largest absolute Gasteiger partial charge is 0.493 e. The maximum absolute atomic E-state index is 11.4. The molecule has 7 heteroatoms. The zero-order chi connectivity index (χ0) is 15.5. The van der Waals surface area contributed by atoms with Crippen LogP contribution in [0.5, 0.6) is 11.5 Å². The smallest absolute Gasteiger partial charge is 0.339 e. The van der Waals surface area contributed by atoms with Crippen LogP contribution in [0.1, 0.15) is 30.1 Å². The first-order chi connectivity index (χ1) is 9.91. The van der Waals surface area contributed by atoms with Gasteiger partial charge in [-0.3, -0.25) is 0 Å². The second-order valence-corrected chi connectivity index (χ2v) is 7.18. The predicted molar refractivity (Wildman–Crippen MR) is 76.9 cm³/mol. The molecule has 1 aliphatic heterocycles. The highest BCUT2D eigenvalue weighted by molar-refractivity contribution is 7.91. The third kappa shape index (κ3) is 4.10. The monoisotopic (exact) mass is 314 g/mol. The molecule has 1 aliphatic rings. The molecule has 0 amide bonds. The first-order valence-electron chi connectivity index (χ1n) is 6.78. The highest BCUT2D eigenvalue weighted by Crippen LogP contribution is 2.28. The first kappa shape index (κ1) is 15.6. The van der Waals surface area contributed by atoms with Gasteiger partial charge in [0.15, 0.2) is 9.84 Å². The minimum Gasteiger partial charge on any atom is -0.493 e. The summed E-state index contributed by atoms with van der Waals surface area (Å²) in [7, 11) is -3.08. The van der Waals surface area contributed by atoms with E-state index in [0.717, 1.165) is 6.42 Å². The number of carbonyl (C=O) groups is 1. The molecule has 0 radical (unpaired) electrons. The van der Waals surface area contributed by atoms with Gasteiger partial charge in [-0.05, 0) is 25.0 Å². The first-order valence-corrected chi connectivity index (χ1v) is 8.60. The fourth-order valence-corrected chi connectivity index (χ4v) is 3.71. The second kappa shape index (κ2) is 6.34. The summed E-state index contributed by atoms with van der Waals surface area (Å²) in [6.07, 6.45) is 0.702. The summed E-state index contributed by atoms with van der Waals surface area (Å²) in [6.45, 7) is 2.48. The molecule has 2 rings (SSSR count). The Kier molecular flexibility index (Phi) is 4.72. The summed E-state index contributed by atoms with van der Waals surface area (Å²) in [5, 5.41) is 9.17. The van der Waals surface area contributed by atoms with Gasteiger partial charge in [-0.15, -0.1) is 0 Å². The Labute approximate surface area is 123 Å². The number of hydrogen-bond donors (Lipinski definition) is 1. The van der Waals surface area contributed by atoms with Crippen molar-refractivity contribution in [3.63, 3.8) is 0 Å². The molecule has 1 saturated heterocycles. The van der Waals surface area contributed by atoms with Gasteiger partial charge >= 0.3 is 5.97 Å². The van der Waals surface area contributed by atoms with Crippen LogP contribution < -0.4 is 9.47 Å². The topological polar surface area (TPSA) is 89.9 Å². The summed E-state index contributed by atoms with van der Waals surface area (Å²) in [5.74, 6) is -0.457. The molecule has 0 spiro atoms. The Morgan fingerprint density at radius 3 is 2.76 bits per heavy atom. The summed E-state index contributed by atoms with van der Waals surface area (Å²) in [6, 6.07) is 4.48. The van der Waals surface area contributed by atoms with Crippen LogP contribution in [0.3, 0.4) is 0 Å². The number of carboxylic acids is 1. The molecule has 0 saturated carbocycles. The van der Waals surface area contributed by atoms with Gasteiger partial charge in [-0.25, -0.2) is 13.2 Å². The molecule has 1 atom stereocenters. The fraction of sp³-hybridized carbons (Fsp3) is 0.500. The van der Waals surface area contributed by atoms with Gasteiger partial charge < -0.3 is 14.6 Å². The van der Waals surface area contributed by atoms with E-state index in [1.54, 1.807) is 6.07 Å². The SMILES string of the molecule is CCCOc1ccc(C(=O)O)c(OC2CCS(=O)(=O)C2)c1. The Morgan fingerprint density at radius 1 is 1.43 bits per heavy atom. The van der Waals surface area contributed by atoms with Gasteiger partial charge in [0, 0.05) is 6.07 Å². The molecule has 1 aromatic rings. The highest BCUT2D eigenvalue weighted by atomic mass is 32.2. The van der Waals surface area contributed by atoms with E-state index in [2.05, 4.69) is 0 Å². The van der Waals surface area contributed by atoms with Crippen LogP contribution in [-0.4, -0.2) is 43.7 Å². The van der Waals surface area contributed by atoms with E-state index in [1.165, 1.54) is 12.1 Å². The molecule has 6 nitrogen and oxygen atoms in total. The molecule has 1 heterocycles. The lowest BCUT2D eigenvalue weighted by molar-refractivity contribution is 0.0690. The van der Waals surface area contributed by atoms with E-state index < -0.39 is 21.9 Å². The van der Waals surface area contributed by atoms with E-state index >= 15 is 0 Å². The highest BCUT2D eigenvalue weighted by Gasteiger charge is 2.30. The number of sulfone groups is 1. The maximum Gasteiger partial charge on any atom is 0.339 e. The van der Waals surface area contributed by atoms with Crippen LogP contribution in [0.25, 0.3) is 0 Å². The van der Waals surface area contributed by atoms with Crippen molar-refractivity contribution in [3.05, 3.63) is 23.8 Å². The van der Waals surface area contributed by atoms with Crippen molar-refractivity contribution in [1.29, 1.82) is 0 Å². The third-order valence-electron chi connectivity index (χ3n) is 3.14. The number of rotatable bonds is 6. The molecule has 1 fully saturated rings. The van der Waals surface area contributed by atoms with Gasteiger partial charge in [0.2, 0.25) is 0 Å². The Balaban J connectivity index is 2.20. The van der Waals surface area contributed by atoms with Crippen LogP contribution in [0, 0.1) is 0 Å². The van der Waals surface area contributed by atoms with Crippen molar-refractivity contribution >= 4 is 15.8 Å². The van der Waals surface area contributed by atoms with Crippen molar-refractivity contribution < 1.29 is 27.8 Å². The number of hydrogen-bond acceptors (Lipinski definition) is 5. The number of ether oxygens (including phenoxy) is 2. The second-order valence-electron chi connectivity index (χ2n) is 4.95. The minimum absolute atomic E-state index is 0.00291. The molecule has 0 aromatic heterocycles. The minimum atomic E-state index is -3.08. The summed E-state index contributed by atoms with van der Waals surface area (Å²) in [5.41, 5.74) is 0.00291. The maximum atomic E-state index is 11.4. The number of carboxylic acid groups (broad SMARTS) is 1. The van der Waals surface area contributed by atoms with Gasteiger partial charge in [-0.2, -0.15) is 0 Å². The summed E-state index contributed by atoms with van der Waals surface area (Å²) >= 11 is 0. The van der Waals surface area contributed by atoms with Gasteiger partial charge in [0.1, 0.15) is 23.2 Å². The predicted octanol–water partition coefficient (Wildman–Crippen LogP) is 1.74. The van der Waals surface area contributed by atoms with E-state index in [0.29, 0.717) is 18.8 Å². The van der Waals surface area contributed by atoms with E-state index in [-0.39, 0.29) is 22.8 Å². The zero-order valence-corrected chi connectivity index (χ0v) is 12.6. The average molecular weight is 314 g/mol. The fourth-order valence-electron chi connectivity index (χ4n) is 2.12. The van der Waals surface area contributed by atoms with Crippen LogP contribution in [0.15, 0.2) is 18.2 Å². The zero-order valence-electron chi connectivity index (χ0n) is 11.7. The molecule has 1 N–H and O–H groups in total. The van der Waals surface area contributed by atoms with Crippen molar-refractivity contribution in [1.82, 2.24) is 0 Å². The number of aromatic carboxylic acids is 1. The van der Waals surface area contributed by atoms with E-state index in [9.17, 15) is 18.3 Å². The lowest BCUT2D eigenvalue weighted by Gasteiger charge is -2.15. The van der Waals surface area contributed by atoms with Gasteiger partial charge in [0.25, 0.3) is 0 Å². The lowest BCUT2D eigenvalue weighted by Crippen LogP contribution is -2.19. The van der Waals surface area contributed by atoms with Crippen LogP contribution in [0.4, 0.5) is 0 Å².